The fourth-order valence-electron chi connectivity index (χ4n) is 7.50. The predicted octanol–water partition coefficient (Wildman–Crippen LogP) is 5.79. The van der Waals surface area contributed by atoms with E-state index < -0.39 is 11.8 Å². The minimum atomic E-state index is -0.750. The Labute approximate surface area is 243 Å². The molecule has 0 unspecified atom stereocenters. The van der Waals surface area contributed by atoms with Crippen LogP contribution in [0.4, 0.5) is 4.39 Å². The van der Waals surface area contributed by atoms with Crippen molar-refractivity contribution in [3.8, 4) is 0 Å². The van der Waals surface area contributed by atoms with Crippen LogP contribution in [0.25, 0.3) is 0 Å². The molecule has 0 amide bonds. The quantitative estimate of drug-likeness (QED) is 0.373. The minimum Gasteiger partial charge on any atom is -0.480 e. The first-order chi connectivity index (χ1) is 19.9. The van der Waals surface area contributed by atoms with E-state index in [2.05, 4.69) is 41.0 Å². The number of piperidine rings is 1. The van der Waals surface area contributed by atoms with E-state index >= 15 is 0 Å². The van der Waals surface area contributed by atoms with Gasteiger partial charge in [0, 0.05) is 37.5 Å². The van der Waals surface area contributed by atoms with Crippen molar-refractivity contribution in [2.24, 2.45) is 17.8 Å². The second-order valence-corrected chi connectivity index (χ2v) is 13.0. The third-order valence-electron chi connectivity index (χ3n) is 10.0. The van der Waals surface area contributed by atoms with E-state index in [0.29, 0.717) is 36.9 Å². The largest absolute Gasteiger partial charge is 0.480 e. The Morgan fingerprint density at radius 1 is 1.02 bits per heavy atom. The predicted molar refractivity (Wildman–Crippen MR) is 156 cm³/mol. The molecule has 0 bridgehead atoms. The van der Waals surface area contributed by atoms with Crippen LogP contribution >= 0.6 is 0 Å². The minimum absolute atomic E-state index is 0.245. The topological polar surface area (TPSA) is 62.2 Å². The van der Waals surface area contributed by atoms with Gasteiger partial charge in [-0.1, -0.05) is 54.8 Å². The number of benzene rings is 2. The zero-order chi connectivity index (χ0) is 28.4. The van der Waals surface area contributed by atoms with Gasteiger partial charge in [0.1, 0.15) is 11.9 Å². The number of hydrogen-bond acceptors (Lipinski definition) is 5. The second-order valence-electron chi connectivity index (χ2n) is 13.0. The maximum atomic E-state index is 13.5. The van der Waals surface area contributed by atoms with E-state index in [4.69, 9.17) is 9.47 Å². The van der Waals surface area contributed by atoms with Crippen LogP contribution in [0.2, 0.25) is 0 Å². The number of aryl methyl sites for hydroxylation is 1. The smallest absolute Gasteiger partial charge is 0.320 e. The molecule has 0 radical (unpaired) electrons. The van der Waals surface area contributed by atoms with Crippen LogP contribution in [-0.2, 0) is 20.1 Å². The Balaban J connectivity index is 1.07. The average molecular weight is 565 g/mol. The van der Waals surface area contributed by atoms with Crippen molar-refractivity contribution in [1.82, 2.24) is 9.80 Å². The monoisotopic (exact) mass is 564 g/mol. The van der Waals surface area contributed by atoms with Crippen LogP contribution in [0.15, 0.2) is 48.5 Å². The van der Waals surface area contributed by atoms with Crippen LogP contribution in [-0.4, -0.2) is 72.9 Å². The summed E-state index contributed by atoms with van der Waals surface area (Å²) in [7, 11) is 0. The highest BCUT2D eigenvalue weighted by molar-refractivity contribution is 5.73. The van der Waals surface area contributed by atoms with E-state index in [1.165, 1.54) is 36.1 Å². The Bertz CT molecular complexity index is 1170. The maximum Gasteiger partial charge on any atom is 0.320 e. The number of likely N-dealkylation sites (tertiary alicyclic amines) is 2. The summed E-state index contributed by atoms with van der Waals surface area (Å²) < 4.78 is 25.7. The van der Waals surface area contributed by atoms with Gasteiger partial charge in [-0.3, -0.25) is 9.69 Å². The summed E-state index contributed by atoms with van der Waals surface area (Å²) in [5.74, 6) is 0.339. The van der Waals surface area contributed by atoms with Crippen molar-refractivity contribution in [1.29, 1.82) is 0 Å². The van der Waals surface area contributed by atoms with E-state index in [-0.39, 0.29) is 11.9 Å². The zero-order valence-electron chi connectivity index (χ0n) is 24.3. The fourth-order valence-corrected chi connectivity index (χ4v) is 7.50. The fraction of sp³-hybridized carbons (Fsp3) is 0.618. The summed E-state index contributed by atoms with van der Waals surface area (Å²) in [6.07, 6.45) is 7.25. The summed E-state index contributed by atoms with van der Waals surface area (Å²) in [4.78, 5) is 17.2. The van der Waals surface area contributed by atoms with E-state index in [1.54, 1.807) is 12.1 Å². The zero-order valence-corrected chi connectivity index (χ0v) is 24.3. The van der Waals surface area contributed by atoms with Crippen molar-refractivity contribution in [3.63, 3.8) is 0 Å². The first-order valence-corrected chi connectivity index (χ1v) is 15.7. The van der Waals surface area contributed by atoms with Crippen LogP contribution in [0.3, 0.4) is 0 Å². The van der Waals surface area contributed by atoms with E-state index in [9.17, 15) is 14.3 Å². The summed E-state index contributed by atoms with van der Waals surface area (Å²) in [5, 5.41) is 10.1. The Kier molecular flexibility index (Phi) is 8.78. The van der Waals surface area contributed by atoms with Gasteiger partial charge in [-0.25, -0.2) is 4.39 Å². The first kappa shape index (κ1) is 28.8. The third-order valence-corrected chi connectivity index (χ3v) is 10.0. The molecule has 3 aliphatic heterocycles. The molecule has 1 aliphatic carbocycles. The van der Waals surface area contributed by atoms with Crippen LogP contribution in [0.5, 0.6) is 0 Å². The molecule has 2 aromatic rings. The molecule has 0 spiro atoms. The number of nitrogens with zero attached hydrogens (tertiary/aromatic N) is 2. The van der Waals surface area contributed by atoms with Crippen molar-refractivity contribution >= 4 is 5.97 Å². The van der Waals surface area contributed by atoms with Gasteiger partial charge in [0.15, 0.2) is 5.79 Å². The van der Waals surface area contributed by atoms with Gasteiger partial charge in [-0.15, -0.1) is 0 Å². The normalized spacial score (nSPS) is 26.4. The Morgan fingerprint density at radius 3 is 2.41 bits per heavy atom. The molecule has 3 heterocycles. The van der Waals surface area contributed by atoms with E-state index in [1.807, 2.05) is 0 Å². The summed E-state index contributed by atoms with van der Waals surface area (Å²) in [6, 6.07) is 15.0. The average Bonchev–Trinajstić information content (AvgIpc) is 3.50. The molecule has 6 rings (SSSR count). The van der Waals surface area contributed by atoms with Crippen LogP contribution in [0.1, 0.15) is 67.6 Å². The number of halogens is 1. The summed E-state index contributed by atoms with van der Waals surface area (Å²) >= 11 is 0. The Hall–Kier alpha value is -2.32. The summed E-state index contributed by atoms with van der Waals surface area (Å²) in [5.41, 5.74) is 3.52. The highest BCUT2D eigenvalue weighted by Gasteiger charge is 2.43. The Morgan fingerprint density at radius 2 is 1.76 bits per heavy atom. The van der Waals surface area contributed by atoms with Gasteiger partial charge in [0.2, 0.25) is 0 Å². The highest BCUT2D eigenvalue weighted by Crippen LogP contribution is 2.41. The molecule has 2 aromatic carbocycles. The molecule has 3 atom stereocenters. The molecule has 6 nitrogen and oxygen atoms in total. The highest BCUT2D eigenvalue weighted by atomic mass is 19.1. The molecule has 41 heavy (non-hydrogen) atoms. The number of rotatable bonds is 11. The standard InChI is InChI=1S/C34H45FN2O4/c1-24-3-2-4-27(19-24)31-23-37(32(33(38)39)20-26-5-6-26)22-28(31)21-36-15-12-25(13-16-36)11-14-34(40-17-18-41-34)29-7-9-30(35)10-8-29/h2-4,7-10,19,25-26,28,31-32H,5-6,11-18,20-23H2,1H3,(H,38,39)/t28-,31+,32+/m0/s1. The summed E-state index contributed by atoms with van der Waals surface area (Å²) in [6.45, 7) is 8.12. The molecule has 1 saturated carbocycles. The lowest BCUT2D eigenvalue weighted by Gasteiger charge is -2.36. The molecule has 222 valence electrons. The molecule has 0 aromatic heterocycles. The molecule has 7 heteroatoms. The number of carboxylic acids is 1. The second kappa shape index (κ2) is 12.5. The van der Waals surface area contributed by atoms with Gasteiger partial charge in [-0.2, -0.15) is 0 Å². The first-order valence-electron chi connectivity index (χ1n) is 15.7. The lowest BCUT2D eigenvalue weighted by molar-refractivity contribution is -0.173. The lowest BCUT2D eigenvalue weighted by atomic mass is 9.86. The van der Waals surface area contributed by atoms with Gasteiger partial charge < -0.3 is 19.5 Å². The van der Waals surface area contributed by atoms with Gasteiger partial charge in [0.25, 0.3) is 0 Å². The maximum absolute atomic E-state index is 13.5. The van der Waals surface area contributed by atoms with Gasteiger partial charge >= 0.3 is 5.97 Å². The van der Waals surface area contributed by atoms with Crippen molar-refractivity contribution in [3.05, 3.63) is 71.0 Å². The van der Waals surface area contributed by atoms with E-state index in [0.717, 1.165) is 70.4 Å². The van der Waals surface area contributed by atoms with Crippen LogP contribution < -0.4 is 0 Å². The number of hydrogen-bond donors (Lipinski definition) is 1. The van der Waals surface area contributed by atoms with Crippen molar-refractivity contribution in [2.45, 2.75) is 69.6 Å². The molecule has 3 saturated heterocycles. The molecular formula is C34H45FN2O4. The number of ether oxygens (including phenoxy) is 2. The SMILES string of the molecule is Cc1cccc([C@H]2CN([C@H](CC3CC3)C(=O)O)C[C@@H]2CN2CCC(CCC3(c4ccc(F)cc4)OCCO3)CC2)c1. The number of carboxylic acid groups (broad SMARTS) is 1. The van der Waals surface area contributed by atoms with Crippen LogP contribution in [0, 0.1) is 30.5 Å². The molecule has 1 N–H and O–H groups in total. The van der Waals surface area contributed by atoms with Crippen molar-refractivity contribution < 1.29 is 23.8 Å². The number of carbonyl (C=O) groups is 1. The number of aliphatic carboxylic acids is 1. The van der Waals surface area contributed by atoms with Gasteiger partial charge in [-0.05, 0) is 81.1 Å². The molecule has 4 fully saturated rings. The molecule has 4 aliphatic rings. The third kappa shape index (κ3) is 6.85. The lowest BCUT2D eigenvalue weighted by Crippen LogP contribution is -2.42. The molecular weight excluding hydrogens is 519 g/mol. The van der Waals surface area contributed by atoms with Gasteiger partial charge in [0.05, 0.1) is 13.2 Å². The van der Waals surface area contributed by atoms with Crippen molar-refractivity contribution in [2.75, 3.05) is 45.9 Å².